The second-order valence-electron chi connectivity index (χ2n) is 5.48. The highest BCUT2D eigenvalue weighted by Crippen LogP contribution is 2.28. The normalized spacial score (nSPS) is 11.8. The summed E-state index contributed by atoms with van der Waals surface area (Å²) in [5, 5.41) is 4.42. The zero-order chi connectivity index (χ0) is 14.5. The third kappa shape index (κ3) is 5.57. The summed E-state index contributed by atoms with van der Waals surface area (Å²) in [6, 6.07) is 3.69. The van der Waals surface area contributed by atoms with Gasteiger partial charge in [-0.25, -0.2) is 0 Å². The van der Waals surface area contributed by atoms with Gasteiger partial charge in [0.1, 0.15) is 0 Å². The van der Waals surface area contributed by atoms with E-state index in [0.717, 1.165) is 31.7 Å². The standard InChI is InChI=1S/C14H22Cl2N2O/c1-14(2,4-5-19-3)9-18-8-10-6-11(15)13(17)12(16)7-10/h6-7,18H,4-5,8-9,17H2,1-3H3. The van der Waals surface area contributed by atoms with Gasteiger partial charge < -0.3 is 15.8 Å². The minimum atomic E-state index is 0.192. The lowest BCUT2D eigenvalue weighted by molar-refractivity contribution is 0.150. The molecule has 3 nitrogen and oxygen atoms in total. The summed E-state index contributed by atoms with van der Waals surface area (Å²) in [6.45, 7) is 6.81. The minimum Gasteiger partial charge on any atom is -0.396 e. The Morgan fingerprint density at radius 3 is 2.37 bits per heavy atom. The van der Waals surface area contributed by atoms with Crippen LogP contribution in [0.4, 0.5) is 5.69 Å². The number of nitrogens with one attached hydrogen (secondary N) is 1. The molecule has 1 rings (SSSR count). The number of hydrogen-bond acceptors (Lipinski definition) is 3. The van der Waals surface area contributed by atoms with Crippen molar-refractivity contribution in [3.63, 3.8) is 0 Å². The van der Waals surface area contributed by atoms with E-state index in [4.69, 9.17) is 33.7 Å². The van der Waals surface area contributed by atoms with E-state index in [0.29, 0.717) is 15.7 Å². The van der Waals surface area contributed by atoms with Crippen LogP contribution in [0.15, 0.2) is 12.1 Å². The molecule has 0 radical (unpaired) electrons. The van der Waals surface area contributed by atoms with E-state index in [1.165, 1.54) is 0 Å². The first-order valence-electron chi connectivity index (χ1n) is 6.29. The number of anilines is 1. The van der Waals surface area contributed by atoms with Crippen molar-refractivity contribution in [3.05, 3.63) is 27.7 Å². The van der Waals surface area contributed by atoms with Gasteiger partial charge in [0.2, 0.25) is 0 Å². The number of halogens is 2. The molecule has 0 aliphatic carbocycles. The smallest absolute Gasteiger partial charge is 0.0693 e. The Morgan fingerprint density at radius 1 is 1.26 bits per heavy atom. The van der Waals surface area contributed by atoms with Gasteiger partial charge in [-0.3, -0.25) is 0 Å². The van der Waals surface area contributed by atoms with Crippen LogP contribution in [0, 0.1) is 5.41 Å². The summed E-state index contributed by atoms with van der Waals surface area (Å²) < 4.78 is 5.11. The summed E-state index contributed by atoms with van der Waals surface area (Å²) >= 11 is 12.0. The fourth-order valence-corrected chi connectivity index (χ4v) is 2.28. The number of ether oxygens (including phenoxy) is 1. The number of benzene rings is 1. The lowest BCUT2D eigenvalue weighted by Gasteiger charge is -2.24. The second-order valence-corrected chi connectivity index (χ2v) is 6.30. The Hall–Kier alpha value is -0.480. The van der Waals surface area contributed by atoms with Crippen LogP contribution in [-0.2, 0) is 11.3 Å². The first kappa shape index (κ1) is 16.6. The van der Waals surface area contributed by atoms with Gasteiger partial charge in [-0.2, -0.15) is 0 Å². The van der Waals surface area contributed by atoms with Crippen LogP contribution in [0.5, 0.6) is 0 Å². The number of methoxy groups -OCH3 is 1. The highest BCUT2D eigenvalue weighted by atomic mass is 35.5. The first-order valence-corrected chi connectivity index (χ1v) is 7.04. The summed E-state index contributed by atoms with van der Waals surface area (Å²) in [5.74, 6) is 0. The quantitative estimate of drug-likeness (QED) is 0.755. The SMILES string of the molecule is COCCC(C)(C)CNCc1cc(Cl)c(N)c(Cl)c1. The largest absolute Gasteiger partial charge is 0.396 e. The van der Waals surface area contributed by atoms with Gasteiger partial charge in [-0.1, -0.05) is 37.0 Å². The average Bonchev–Trinajstić information content (AvgIpc) is 2.33. The van der Waals surface area contributed by atoms with E-state index in [1.807, 2.05) is 12.1 Å². The Bertz CT molecular complexity index is 399. The molecule has 5 heteroatoms. The molecule has 1 aromatic carbocycles. The van der Waals surface area contributed by atoms with Crippen LogP contribution in [-0.4, -0.2) is 20.3 Å². The zero-order valence-electron chi connectivity index (χ0n) is 11.7. The van der Waals surface area contributed by atoms with Crippen molar-refractivity contribution in [2.24, 2.45) is 5.41 Å². The Kier molecular flexibility index (Phi) is 6.40. The predicted octanol–water partition coefficient (Wildman–Crippen LogP) is 3.73. The Morgan fingerprint density at radius 2 is 1.84 bits per heavy atom. The molecule has 3 N–H and O–H groups in total. The molecule has 19 heavy (non-hydrogen) atoms. The molecular formula is C14H22Cl2N2O. The number of hydrogen-bond donors (Lipinski definition) is 2. The van der Waals surface area contributed by atoms with Crippen LogP contribution in [0.1, 0.15) is 25.8 Å². The van der Waals surface area contributed by atoms with E-state index in [2.05, 4.69) is 19.2 Å². The Balaban J connectivity index is 2.49. The first-order chi connectivity index (χ1) is 8.85. The van der Waals surface area contributed by atoms with Crippen molar-refractivity contribution in [1.29, 1.82) is 0 Å². The number of nitrogen functional groups attached to an aromatic ring is 1. The second kappa shape index (κ2) is 7.34. The maximum absolute atomic E-state index is 6.00. The maximum atomic E-state index is 6.00. The lowest BCUT2D eigenvalue weighted by Crippen LogP contribution is -2.30. The van der Waals surface area contributed by atoms with Crippen LogP contribution in [0.25, 0.3) is 0 Å². The molecule has 0 spiro atoms. The van der Waals surface area contributed by atoms with Crippen LogP contribution < -0.4 is 11.1 Å². The molecule has 108 valence electrons. The molecule has 0 amide bonds. The fraction of sp³-hybridized carbons (Fsp3) is 0.571. The molecule has 0 saturated heterocycles. The monoisotopic (exact) mass is 304 g/mol. The third-order valence-electron chi connectivity index (χ3n) is 3.05. The molecule has 0 fully saturated rings. The topological polar surface area (TPSA) is 47.3 Å². The molecule has 0 unspecified atom stereocenters. The van der Waals surface area contributed by atoms with Crippen molar-refractivity contribution in [3.8, 4) is 0 Å². The molecule has 0 aromatic heterocycles. The lowest BCUT2D eigenvalue weighted by atomic mass is 9.89. The van der Waals surface area contributed by atoms with Crippen molar-refractivity contribution in [2.45, 2.75) is 26.8 Å². The maximum Gasteiger partial charge on any atom is 0.0693 e. The number of rotatable bonds is 7. The van der Waals surface area contributed by atoms with Crippen molar-refractivity contribution in [2.75, 3.05) is 26.0 Å². The average molecular weight is 305 g/mol. The van der Waals surface area contributed by atoms with Gasteiger partial charge in [0.05, 0.1) is 15.7 Å². The van der Waals surface area contributed by atoms with Gasteiger partial charge in [0.15, 0.2) is 0 Å². The van der Waals surface area contributed by atoms with E-state index in [9.17, 15) is 0 Å². The molecule has 0 atom stereocenters. The predicted molar refractivity (Wildman–Crippen MR) is 82.9 cm³/mol. The van der Waals surface area contributed by atoms with E-state index >= 15 is 0 Å². The van der Waals surface area contributed by atoms with Crippen LogP contribution >= 0.6 is 23.2 Å². The fourth-order valence-electron chi connectivity index (χ4n) is 1.75. The highest BCUT2D eigenvalue weighted by Gasteiger charge is 2.16. The van der Waals surface area contributed by atoms with Crippen LogP contribution in [0.2, 0.25) is 10.0 Å². The van der Waals surface area contributed by atoms with E-state index < -0.39 is 0 Å². The van der Waals surface area contributed by atoms with Gasteiger partial charge in [0, 0.05) is 26.8 Å². The molecule has 0 heterocycles. The summed E-state index contributed by atoms with van der Waals surface area (Å²) in [4.78, 5) is 0. The van der Waals surface area contributed by atoms with Gasteiger partial charge in [-0.05, 0) is 29.5 Å². The van der Waals surface area contributed by atoms with Crippen LogP contribution in [0.3, 0.4) is 0 Å². The van der Waals surface area contributed by atoms with E-state index in [1.54, 1.807) is 7.11 Å². The summed E-state index contributed by atoms with van der Waals surface area (Å²) in [5.41, 5.74) is 7.37. The third-order valence-corrected chi connectivity index (χ3v) is 3.68. The zero-order valence-corrected chi connectivity index (χ0v) is 13.2. The molecule has 0 aliphatic rings. The van der Waals surface area contributed by atoms with Crippen molar-refractivity contribution >= 4 is 28.9 Å². The van der Waals surface area contributed by atoms with Gasteiger partial charge >= 0.3 is 0 Å². The van der Waals surface area contributed by atoms with Gasteiger partial charge in [0.25, 0.3) is 0 Å². The minimum absolute atomic E-state index is 0.192. The molecular weight excluding hydrogens is 283 g/mol. The summed E-state index contributed by atoms with van der Waals surface area (Å²) in [7, 11) is 1.72. The van der Waals surface area contributed by atoms with E-state index in [-0.39, 0.29) is 5.41 Å². The molecule has 0 bridgehead atoms. The molecule has 0 saturated carbocycles. The van der Waals surface area contributed by atoms with Crippen molar-refractivity contribution in [1.82, 2.24) is 5.32 Å². The van der Waals surface area contributed by atoms with Gasteiger partial charge in [-0.15, -0.1) is 0 Å². The number of nitrogens with two attached hydrogens (primary N) is 1. The highest BCUT2D eigenvalue weighted by molar-refractivity contribution is 6.38. The summed E-state index contributed by atoms with van der Waals surface area (Å²) in [6.07, 6.45) is 1.01. The molecule has 0 aliphatic heterocycles. The molecule has 1 aromatic rings. The Labute approximate surface area is 125 Å². The van der Waals surface area contributed by atoms with Crippen molar-refractivity contribution < 1.29 is 4.74 Å².